The van der Waals surface area contributed by atoms with Gasteiger partial charge >= 0.3 is 0 Å². The van der Waals surface area contributed by atoms with Crippen molar-refractivity contribution in [2.45, 2.75) is 13.0 Å². The van der Waals surface area contributed by atoms with Gasteiger partial charge in [0.15, 0.2) is 0 Å². The average molecular weight is 230 g/mol. The molecular formula is C11H26N4O. The standard InChI is InChI=1S/C11H26N4O/c1-2-14-7-8-16-11(9-14)10-15(5-3-12)6-4-13/h11H,2-10,12-13H2,1H3. The maximum absolute atomic E-state index is 5.77. The van der Waals surface area contributed by atoms with Gasteiger partial charge in [0, 0.05) is 45.8 Å². The average Bonchev–Trinajstić information content (AvgIpc) is 2.30. The Labute approximate surface area is 98.7 Å². The van der Waals surface area contributed by atoms with Crippen LogP contribution in [0.4, 0.5) is 0 Å². The molecule has 0 aliphatic carbocycles. The Morgan fingerprint density at radius 1 is 1.31 bits per heavy atom. The first-order chi connectivity index (χ1) is 7.80. The molecule has 0 bridgehead atoms. The van der Waals surface area contributed by atoms with E-state index in [1.54, 1.807) is 0 Å². The summed E-state index contributed by atoms with van der Waals surface area (Å²) in [5, 5.41) is 0. The third kappa shape index (κ3) is 4.76. The molecule has 0 aromatic heterocycles. The molecule has 96 valence electrons. The summed E-state index contributed by atoms with van der Waals surface area (Å²) >= 11 is 0. The lowest BCUT2D eigenvalue weighted by molar-refractivity contribution is -0.0411. The number of nitrogens with two attached hydrogens (primary N) is 2. The minimum absolute atomic E-state index is 0.312. The van der Waals surface area contributed by atoms with Crippen LogP contribution < -0.4 is 11.5 Å². The molecule has 4 N–H and O–H groups in total. The summed E-state index contributed by atoms with van der Waals surface area (Å²) in [6, 6.07) is 0. The Bertz CT molecular complexity index is 173. The molecule has 0 spiro atoms. The number of hydrogen-bond donors (Lipinski definition) is 2. The molecule has 1 saturated heterocycles. The number of hydrogen-bond acceptors (Lipinski definition) is 5. The van der Waals surface area contributed by atoms with Crippen LogP contribution in [0.2, 0.25) is 0 Å². The van der Waals surface area contributed by atoms with E-state index in [4.69, 9.17) is 16.2 Å². The summed E-state index contributed by atoms with van der Waals surface area (Å²) < 4.78 is 5.77. The van der Waals surface area contributed by atoms with E-state index in [0.717, 1.165) is 45.9 Å². The van der Waals surface area contributed by atoms with Crippen molar-refractivity contribution >= 4 is 0 Å². The van der Waals surface area contributed by atoms with E-state index in [9.17, 15) is 0 Å². The second-order valence-electron chi connectivity index (χ2n) is 4.26. The van der Waals surface area contributed by atoms with Crippen molar-refractivity contribution in [3.05, 3.63) is 0 Å². The van der Waals surface area contributed by atoms with E-state index < -0.39 is 0 Å². The number of morpholine rings is 1. The molecule has 1 heterocycles. The van der Waals surface area contributed by atoms with Gasteiger partial charge < -0.3 is 16.2 Å². The minimum atomic E-state index is 0.312. The molecule has 16 heavy (non-hydrogen) atoms. The Balaban J connectivity index is 2.31. The zero-order chi connectivity index (χ0) is 11.8. The van der Waals surface area contributed by atoms with Gasteiger partial charge in [-0.3, -0.25) is 9.80 Å². The van der Waals surface area contributed by atoms with E-state index >= 15 is 0 Å². The van der Waals surface area contributed by atoms with Crippen LogP contribution in [-0.4, -0.2) is 74.9 Å². The maximum Gasteiger partial charge on any atom is 0.0829 e. The SMILES string of the molecule is CCN1CCOC(CN(CCN)CCN)C1. The van der Waals surface area contributed by atoms with Crippen LogP contribution in [0.3, 0.4) is 0 Å². The maximum atomic E-state index is 5.77. The van der Waals surface area contributed by atoms with Crippen molar-refractivity contribution in [2.24, 2.45) is 11.5 Å². The van der Waals surface area contributed by atoms with Gasteiger partial charge in [0.25, 0.3) is 0 Å². The molecule has 1 aliphatic heterocycles. The third-order valence-electron chi connectivity index (χ3n) is 3.02. The Kier molecular flexibility index (Phi) is 6.91. The van der Waals surface area contributed by atoms with E-state index in [0.29, 0.717) is 19.2 Å². The highest BCUT2D eigenvalue weighted by Gasteiger charge is 2.21. The van der Waals surface area contributed by atoms with E-state index in [-0.39, 0.29) is 0 Å². The van der Waals surface area contributed by atoms with Gasteiger partial charge in [-0.1, -0.05) is 6.92 Å². The van der Waals surface area contributed by atoms with Crippen LogP contribution >= 0.6 is 0 Å². The molecule has 5 nitrogen and oxygen atoms in total. The Morgan fingerprint density at radius 3 is 2.56 bits per heavy atom. The molecule has 5 heteroatoms. The smallest absolute Gasteiger partial charge is 0.0829 e. The van der Waals surface area contributed by atoms with Crippen molar-refractivity contribution in [3.8, 4) is 0 Å². The van der Waals surface area contributed by atoms with Crippen LogP contribution in [-0.2, 0) is 4.74 Å². The summed E-state index contributed by atoms with van der Waals surface area (Å²) in [7, 11) is 0. The minimum Gasteiger partial charge on any atom is -0.374 e. The number of ether oxygens (including phenoxy) is 1. The Morgan fingerprint density at radius 2 is 2.00 bits per heavy atom. The molecule has 0 amide bonds. The first-order valence-electron chi connectivity index (χ1n) is 6.26. The van der Waals surface area contributed by atoms with Crippen molar-refractivity contribution in [2.75, 3.05) is 59.0 Å². The zero-order valence-corrected chi connectivity index (χ0v) is 10.4. The highest BCUT2D eigenvalue weighted by atomic mass is 16.5. The van der Waals surface area contributed by atoms with Gasteiger partial charge in [-0.2, -0.15) is 0 Å². The van der Waals surface area contributed by atoms with Crippen LogP contribution in [0, 0.1) is 0 Å². The molecule has 1 aliphatic rings. The zero-order valence-electron chi connectivity index (χ0n) is 10.4. The molecule has 0 aromatic carbocycles. The molecule has 0 saturated carbocycles. The summed E-state index contributed by atoms with van der Waals surface area (Å²) in [5.74, 6) is 0. The van der Waals surface area contributed by atoms with Crippen molar-refractivity contribution < 1.29 is 4.74 Å². The lowest BCUT2D eigenvalue weighted by Gasteiger charge is -2.35. The van der Waals surface area contributed by atoms with Crippen LogP contribution in [0.15, 0.2) is 0 Å². The molecule has 0 aromatic rings. The fourth-order valence-corrected chi connectivity index (χ4v) is 2.13. The van der Waals surface area contributed by atoms with E-state index in [2.05, 4.69) is 16.7 Å². The highest BCUT2D eigenvalue weighted by Crippen LogP contribution is 2.06. The highest BCUT2D eigenvalue weighted by molar-refractivity contribution is 4.74. The van der Waals surface area contributed by atoms with E-state index in [1.807, 2.05) is 0 Å². The second-order valence-corrected chi connectivity index (χ2v) is 4.26. The van der Waals surface area contributed by atoms with Crippen molar-refractivity contribution in [1.29, 1.82) is 0 Å². The molecule has 1 atom stereocenters. The lowest BCUT2D eigenvalue weighted by atomic mass is 10.2. The van der Waals surface area contributed by atoms with Gasteiger partial charge in [0.1, 0.15) is 0 Å². The van der Waals surface area contributed by atoms with Gasteiger partial charge in [0.2, 0.25) is 0 Å². The largest absolute Gasteiger partial charge is 0.374 e. The topological polar surface area (TPSA) is 67.8 Å². The van der Waals surface area contributed by atoms with Gasteiger partial charge in [-0.15, -0.1) is 0 Å². The predicted molar refractivity (Wildman–Crippen MR) is 66.4 cm³/mol. The molecular weight excluding hydrogens is 204 g/mol. The molecule has 1 rings (SSSR count). The number of likely N-dealkylation sites (N-methyl/N-ethyl adjacent to an activating group) is 1. The molecule has 0 radical (unpaired) electrons. The van der Waals surface area contributed by atoms with Crippen LogP contribution in [0.1, 0.15) is 6.92 Å². The van der Waals surface area contributed by atoms with Crippen molar-refractivity contribution in [3.63, 3.8) is 0 Å². The third-order valence-corrected chi connectivity index (χ3v) is 3.02. The normalized spacial score (nSPS) is 22.9. The van der Waals surface area contributed by atoms with Gasteiger partial charge in [-0.25, -0.2) is 0 Å². The van der Waals surface area contributed by atoms with Crippen LogP contribution in [0.25, 0.3) is 0 Å². The first kappa shape index (κ1) is 13.9. The molecule has 1 unspecified atom stereocenters. The van der Waals surface area contributed by atoms with Crippen LogP contribution in [0.5, 0.6) is 0 Å². The summed E-state index contributed by atoms with van der Waals surface area (Å²) in [6.45, 7) is 10.4. The van der Waals surface area contributed by atoms with E-state index in [1.165, 1.54) is 0 Å². The number of nitrogens with zero attached hydrogens (tertiary/aromatic N) is 2. The fourth-order valence-electron chi connectivity index (χ4n) is 2.13. The predicted octanol–water partition coefficient (Wildman–Crippen LogP) is -1.07. The van der Waals surface area contributed by atoms with Gasteiger partial charge in [-0.05, 0) is 6.54 Å². The fraction of sp³-hybridized carbons (Fsp3) is 1.00. The monoisotopic (exact) mass is 230 g/mol. The summed E-state index contributed by atoms with van der Waals surface area (Å²) in [4.78, 5) is 4.72. The first-order valence-corrected chi connectivity index (χ1v) is 6.26. The quantitative estimate of drug-likeness (QED) is 0.583. The van der Waals surface area contributed by atoms with Crippen molar-refractivity contribution in [1.82, 2.24) is 9.80 Å². The Hall–Kier alpha value is -0.200. The molecule has 1 fully saturated rings. The lowest BCUT2D eigenvalue weighted by Crippen LogP contribution is -2.48. The second kappa shape index (κ2) is 7.97. The number of rotatable bonds is 7. The van der Waals surface area contributed by atoms with Gasteiger partial charge in [0.05, 0.1) is 12.7 Å². The summed E-state index contributed by atoms with van der Waals surface area (Å²) in [5.41, 5.74) is 11.2. The summed E-state index contributed by atoms with van der Waals surface area (Å²) in [6.07, 6.45) is 0.312.